The number of carbonyl (C=O) groups is 1. The predicted molar refractivity (Wildman–Crippen MR) is 56.8 cm³/mol. The molecular weight excluding hydrogens is 326 g/mol. The van der Waals surface area contributed by atoms with Gasteiger partial charge < -0.3 is 0 Å². The van der Waals surface area contributed by atoms with E-state index in [0.29, 0.717) is 3.70 Å². The second kappa shape index (κ2) is 4.48. The van der Waals surface area contributed by atoms with Gasteiger partial charge >= 0.3 is 0 Å². The Morgan fingerprint density at radius 3 is 2.64 bits per heavy atom. The van der Waals surface area contributed by atoms with Crippen molar-refractivity contribution in [2.75, 3.05) is 0 Å². The highest BCUT2D eigenvalue weighted by atomic mass is 127. The number of carbonyl (C=O) groups excluding carboxylic acids is 1. The van der Waals surface area contributed by atoms with Crippen molar-refractivity contribution in [3.8, 4) is 0 Å². The number of rotatable bonds is 2. The van der Waals surface area contributed by atoms with Crippen LogP contribution in [-0.2, 0) is 0 Å². The van der Waals surface area contributed by atoms with E-state index in [-0.39, 0.29) is 16.8 Å². The SMILES string of the molecule is Cc1nc(I)cc(C(=O)Cl)c1C(F)F. The van der Waals surface area contributed by atoms with E-state index in [0.717, 1.165) is 0 Å². The summed E-state index contributed by atoms with van der Waals surface area (Å²) < 4.78 is 25.5. The molecule has 6 heteroatoms. The van der Waals surface area contributed by atoms with Crippen molar-refractivity contribution >= 4 is 39.4 Å². The van der Waals surface area contributed by atoms with Gasteiger partial charge in [0.25, 0.3) is 11.7 Å². The number of halogens is 4. The lowest BCUT2D eigenvalue weighted by molar-refractivity contribution is 0.106. The summed E-state index contributed by atoms with van der Waals surface area (Å²) in [4.78, 5) is 14.7. The summed E-state index contributed by atoms with van der Waals surface area (Å²) in [5, 5.41) is -0.885. The molecular formula is C8H5ClF2INO. The summed E-state index contributed by atoms with van der Waals surface area (Å²) in [5.74, 6) is 0. The number of hydrogen-bond donors (Lipinski definition) is 0. The molecule has 2 nitrogen and oxygen atoms in total. The fraction of sp³-hybridized carbons (Fsp3) is 0.250. The van der Waals surface area contributed by atoms with E-state index < -0.39 is 11.7 Å². The molecule has 0 aliphatic rings. The molecule has 1 rings (SSSR count). The number of aromatic nitrogens is 1. The van der Waals surface area contributed by atoms with Crippen molar-refractivity contribution in [3.63, 3.8) is 0 Å². The predicted octanol–water partition coefficient (Wildman–Crippen LogP) is 3.31. The minimum absolute atomic E-state index is 0.135. The zero-order valence-electron chi connectivity index (χ0n) is 7.02. The molecule has 0 amide bonds. The monoisotopic (exact) mass is 331 g/mol. The molecule has 0 aliphatic heterocycles. The average molecular weight is 331 g/mol. The van der Waals surface area contributed by atoms with E-state index in [1.807, 2.05) is 22.6 Å². The van der Waals surface area contributed by atoms with Gasteiger partial charge in [0.15, 0.2) is 0 Å². The van der Waals surface area contributed by atoms with Crippen LogP contribution in [0.1, 0.15) is 28.0 Å². The molecule has 76 valence electrons. The molecule has 1 aromatic heterocycles. The first kappa shape index (κ1) is 11.8. The Morgan fingerprint density at radius 2 is 2.21 bits per heavy atom. The molecule has 0 N–H and O–H groups in total. The lowest BCUT2D eigenvalue weighted by atomic mass is 10.1. The first-order valence-electron chi connectivity index (χ1n) is 3.58. The number of pyridine rings is 1. The summed E-state index contributed by atoms with van der Waals surface area (Å²) in [6, 6.07) is 1.25. The Labute approximate surface area is 97.8 Å². The number of hydrogen-bond acceptors (Lipinski definition) is 2. The summed E-state index contributed by atoms with van der Waals surface area (Å²) in [7, 11) is 0. The minimum atomic E-state index is -2.74. The maximum Gasteiger partial charge on any atom is 0.266 e. The fourth-order valence-electron chi connectivity index (χ4n) is 1.08. The standard InChI is InChI=1S/C8H5ClF2INO/c1-3-6(8(10)11)4(7(9)14)2-5(12)13-3/h2,8H,1H3. The van der Waals surface area contributed by atoms with E-state index in [1.165, 1.54) is 13.0 Å². The van der Waals surface area contributed by atoms with Crippen LogP contribution >= 0.6 is 34.2 Å². The molecule has 1 aromatic rings. The zero-order valence-corrected chi connectivity index (χ0v) is 9.94. The maximum absolute atomic E-state index is 12.5. The summed E-state index contributed by atoms with van der Waals surface area (Å²) >= 11 is 7.03. The van der Waals surface area contributed by atoms with Crippen molar-refractivity contribution in [1.82, 2.24) is 4.98 Å². The average Bonchev–Trinajstić information content (AvgIpc) is 2.01. The Hall–Kier alpha value is -0.300. The Kier molecular flexibility index (Phi) is 3.77. The van der Waals surface area contributed by atoms with Gasteiger partial charge in [0.1, 0.15) is 3.70 Å². The van der Waals surface area contributed by atoms with Crippen molar-refractivity contribution in [2.45, 2.75) is 13.3 Å². The largest absolute Gasteiger partial charge is 0.276 e. The molecule has 1 heterocycles. The molecule has 0 atom stereocenters. The topological polar surface area (TPSA) is 30.0 Å². The van der Waals surface area contributed by atoms with Gasteiger partial charge in [0.05, 0.1) is 5.56 Å². The van der Waals surface area contributed by atoms with Crippen molar-refractivity contribution < 1.29 is 13.6 Å². The quantitative estimate of drug-likeness (QED) is 0.473. The first-order chi connectivity index (χ1) is 6.43. The van der Waals surface area contributed by atoms with Crippen LogP contribution in [0.3, 0.4) is 0 Å². The smallest absolute Gasteiger partial charge is 0.266 e. The maximum atomic E-state index is 12.5. The van der Waals surface area contributed by atoms with Crippen molar-refractivity contribution in [1.29, 1.82) is 0 Å². The highest BCUT2D eigenvalue weighted by Crippen LogP contribution is 2.27. The number of alkyl halides is 2. The van der Waals surface area contributed by atoms with E-state index >= 15 is 0 Å². The summed E-state index contributed by atoms with van der Waals surface area (Å²) in [6.45, 7) is 1.42. The molecule has 0 unspecified atom stereocenters. The van der Waals surface area contributed by atoms with Crippen LogP contribution in [0.25, 0.3) is 0 Å². The molecule has 0 aromatic carbocycles. The van der Waals surface area contributed by atoms with Crippen LogP contribution in [0.4, 0.5) is 8.78 Å². The van der Waals surface area contributed by atoms with Gasteiger partial charge in [-0.2, -0.15) is 0 Å². The van der Waals surface area contributed by atoms with Crippen molar-refractivity contribution in [2.24, 2.45) is 0 Å². The lowest BCUT2D eigenvalue weighted by Gasteiger charge is -2.08. The molecule has 0 aliphatic carbocycles. The Bertz CT molecular complexity index is 384. The normalized spacial score (nSPS) is 10.7. The van der Waals surface area contributed by atoms with Crippen LogP contribution in [0.5, 0.6) is 0 Å². The first-order valence-corrected chi connectivity index (χ1v) is 5.04. The van der Waals surface area contributed by atoms with Crippen molar-refractivity contribution in [3.05, 3.63) is 26.6 Å². The van der Waals surface area contributed by atoms with Crippen LogP contribution in [0.15, 0.2) is 6.07 Å². The highest BCUT2D eigenvalue weighted by molar-refractivity contribution is 14.1. The second-order valence-electron chi connectivity index (χ2n) is 2.57. The Balaban J connectivity index is 3.44. The zero-order chi connectivity index (χ0) is 10.9. The van der Waals surface area contributed by atoms with Gasteiger partial charge in [0, 0.05) is 11.3 Å². The second-order valence-corrected chi connectivity index (χ2v) is 4.01. The van der Waals surface area contributed by atoms with Gasteiger partial charge in [-0.05, 0) is 47.2 Å². The molecule has 0 radical (unpaired) electrons. The lowest BCUT2D eigenvalue weighted by Crippen LogP contribution is -2.04. The number of nitrogens with zero attached hydrogens (tertiary/aromatic N) is 1. The Morgan fingerprint density at radius 1 is 1.64 bits per heavy atom. The molecule has 0 saturated heterocycles. The van der Waals surface area contributed by atoms with Crippen LogP contribution < -0.4 is 0 Å². The third-order valence-corrected chi connectivity index (χ3v) is 2.40. The number of aryl methyl sites for hydroxylation is 1. The van der Waals surface area contributed by atoms with E-state index in [9.17, 15) is 13.6 Å². The molecule has 0 fully saturated rings. The molecule has 0 spiro atoms. The van der Waals surface area contributed by atoms with Gasteiger partial charge in [-0.3, -0.25) is 4.79 Å². The van der Waals surface area contributed by atoms with Crippen LogP contribution in [-0.4, -0.2) is 10.2 Å². The molecule has 0 bridgehead atoms. The van der Waals surface area contributed by atoms with E-state index in [4.69, 9.17) is 11.6 Å². The molecule has 14 heavy (non-hydrogen) atoms. The third kappa shape index (κ3) is 2.38. The minimum Gasteiger partial charge on any atom is -0.276 e. The van der Waals surface area contributed by atoms with E-state index in [1.54, 1.807) is 0 Å². The van der Waals surface area contributed by atoms with Gasteiger partial charge in [-0.15, -0.1) is 0 Å². The highest BCUT2D eigenvalue weighted by Gasteiger charge is 2.21. The summed E-state index contributed by atoms with van der Waals surface area (Å²) in [5.41, 5.74) is -0.417. The summed E-state index contributed by atoms with van der Waals surface area (Å²) in [6.07, 6.45) is -2.74. The fourth-order valence-corrected chi connectivity index (χ4v) is 1.91. The van der Waals surface area contributed by atoms with Crippen LogP contribution in [0.2, 0.25) is 0 Å². The van der Waals surface area contributed by atoms with Gasteiger partial charge in [-0.25, -0.2) is 13.8 Å². The van der Waals surface area contributed by atoms with E-state index in [2.05, 4.69) is 4.98 Å². The van der Waals surface area contributed by atoms with Gasteiger partial charge in [-0.1, -0.05) is 0 Å². The van der Waals surface area contributed by atoms with Gasteiger partial charge in [0.2, 0.25) is 0 Å². The van der Waals surface area contributed by atoms with Crippen LogP contribution in [0, 0.1) is 10.6 Å². The molecule has 0 saturated carbocycles. The third-order valence-electron chi connectivity index (χ3n) is 1.65.